The first-order valence-corrected chi connectivity index (χ1v) is 5.67. The molecule has 0 aromatic heterocycles. The lowest BCUT2D eigenvalue weighted by Crippen LogP contribution is -2.53. The zero-order valence-electron chi connectivity index (χ0n) is 9.08. The lowest BCUT2D eigenvalue weighted by atomic mass is 10.2. The number of likely N-dealkylation sites (N-methyl/N-ethyl adjacent to an activating group) is 1. The standard InChI is InChI=1S/C11H21N3/c1-13-7-9-14(10-8-13)11-5-3-2-4-6-12-11/h2,4,11-12H,3,5-10H2,1H3. The first-order chi connectivity index (χ1) is 6.86. The predicted octanol–water partition coefficient (Wildman–Crippen LogP) is 0.499. The summed E-state index contributed by atoms with van der Waals surface area (Å²) in [6.45, 7) is 5.90. The van der Waals surface area contributed by atoms with Crippen molar-refractivity contribution in [2.24, 2.45) is 0 Å². The molecule has 1 saturated heterocycles. The third kappa shape index (κ3) is 2.56. The molecule has 1 N–H and O–H groups in total. The van der Waals surface area contributed by atoms with E-state index in [1.807, 2.05) is 0 Å². The zero-order valence-corrected chi connectivity index (χ0v) is 9.08. The molecule has 14 heavy (non-hydrogen) atoms. The minimum atomic E-state index is 0.610. The number of nitrogens with one attached hydrogen (secondary N) is 1. The van der Waals surface area contributed by atoms with Crippen LogP contribution in [-0.2, 0) is 0 Å². The van der Waals surface area contributed by atoms with Gasteiger partial charge in [0, 0.05) is 32.7 Å². The van der Waals surface area contributed by atoms with Gasteiger partial charge in [0.1, 0.15) is 0 Å². The Bertz CT molecular complexity index is 185. The molecule has 2 rings (SSSR count). The molecule has 2 heterocycles. The lowest BCUT2D eigenvalue weighted by Gasteiger charge is -2.37. The van der Waals surface area contributed by atoms with Crippen molar-refractivity contribution in [3.63, 3.8) is 0 Å². The summed E-state index contributed by atoms with van der Waals surface area (Å²) in [5.74, 6) is 0. The van der Waals surface area contributed by atoms with Gasteiger partial charge in [0.05, 0.1) is 6.17 Å². The maximum Gasteiger partial charge on any atom is 0.0603 e. The van der Waals surface area contributed by atoms with Crippen molar-refractivity contribution in [3.05, 3.63) is 12.2 Å². The first-order valence-electron chi connectivity index (χ1n) is 5.67. The quantitative estimate of drug-likeness (QED) is 0.615. The molecular formula is C11H21N3. The van der Waals surface area contributed by atoms with Crippen molar-refractivity contribution in [2.45, 2.75) is 19.0 Å². The fraction of sp³-hybridized carbons (Fsp3) is 0.818. The summed E-state index contributed by atoms with van der Waals surface area (Å²) < 4.78 is 0. The third-order valence-electron chi connectivity index (χ3n) is 3.22. The monoisotopic (exact) mass is 195 g/mol. The van der Waals surface area contributed by atoms with E-state index in [0.29, 0.717) is 6.17 Å². The van der Waals surface area contributed by atoms with Crippen LogP contribution in [-0.4, -0.2) is 55.7 Å². The average Bonchev–Trinajstić information content (AvgIpc) is 2.47. The van der Waals surface area contributed by atoms with Crippen LogP contribution in [0.25, 0.3) is 0 Å². The first kappa shape index (κ1) is 10.1. The van der Waals surface area contributed by atoms with E-state index in [-0.39, 0.29) is 0 Å². The summed E-state index contributed by atoms with van der Waals surface area (Å²) in [5, 5.41) is 3.59. The van der Waals surface area contributed by atoms with Gasteiger partial charge in [-0.3, -0.25) is 10.2 Å². The Kier molecular flexibility index (Phi) is 3.56. The van der Waals surface area contributed by atoms with Gasteiger partial charge in [0.15, 0.2) is 0 Å². The molecule has 0 aromatic rings. The lowest BCUT2D eigenvalue weighted by molar-refractivity contribution is 0.0928. The van der Waals surface area contributed by atoms with Gasteiger partial charge in [0.25, 0.3) is 0 Å². The Morgan fingerprint density at radius 1 is 1.14 bits per heavy atom. The topological polar surface area (TPSA) is 18.5 Å². The molecular weight excluding hydrogens is 174 g/mol. The Hall–Kier alpha value is -0.380. The van der Waals surface area contributed by atoms with Crippen LogP contribution in [0.15, 0.2) is 12.2 Å². The van der Waals surface area contributed by atoms with Gasteiger partial charge in [-0.25, -0.2) is 0 Å². The fourth-order valence-corrected chi connectivity index (χ4v) is 2.21. The van der Waals surface area contributed by atoms with E-state index in [9.17, 15) is 0 Å². The van der Waals surface area contributed by atoms with Gasteiger partial charge in [-0.05, 0) is 19.9 Å². The smallest absolute Gasteiger partial charge is 0.0603 e. The van der Waals surface area contributed by atoms with Gasteiger partial charge in [-0.1, -0.05) is 12.2 Å². The zero-order chi connectivity index (χ0) is 9.80. The highest BCUT2D eigenvalue weighted by atomic mass is 15.3. The SMILES string of the molecule is CN1CCN(C2CCC=CCN2)CC1. The molecule has 0 aromatic carbocycles. The van der Waals surface area contributed by atoms with Gasteiger partial charge < -0.3 is 4.90 Å². The molecule has 3 heteroatoms. The Labute approximate surface area is 86.8 Å². The van der Waals surface area contributed by atoms with E-state index in [1.54, 1.807) is 0 Å². The molecule has 0 spiro atoms. The molecule has 0 aliphatic carbocycles. The van der Waals surface area contributed by atoms with Crippen molar-refractivity contribution in [2.75, 3.05) is 39.8 Å². The van der Waals surface area contributed by atoms with Gasteiger partial charge >= 0.3 is 0 Å². The summed E-state index contributed by atoms with van der Waals surface area (Å²) in [4.78, 5) is 5.00. The maximum absolute atomic E-state index is 3.59. The van der Waals surface area contributed by atoms with Gasteiger partial charge in [-0.15, -0.1) is 0 Å². The molecule has 0 saturated carbocycles. The van der Waals surface area contributed by atoms with Crippen molar-refractivity contribution in [1.82, 2.24) is 15.1 Å². The van der Waals surface area contributed by atoms with E-state index in [2.05, 4.69) is 34.3 Å². The summed E-state index contributed by atoms with van der Waals surface area (Å²) in [6, 6.07) is 0. The second-order valence-electron chi connectivity index (χ2n) is 4.31. The number of hydrogen-bond acceptors (Lipinski definition) is 3. The van der Waals surface area contributed by atoms with E-state index in [4.69, 9.17) is 0 Å². The normalized spacial score (nSPS) is 31.6. The highest BCUT2D eigenvalue weighted by Gasteiger charge is 2.21. The van der Waals surface area contributed by atoms with Crippen LogP contribution in [0.4, 0.5) is 0 Å². The van der Waals surface area contributed by atoms with Crippen LogP contribution in [0.3, 0.4) is 0 Å². The molecule has 2 aliphatic rings. The van der Waals surface area contributed by atoms with Crippen LogP contribution in [0.5, 0.6) is 0 Å². The maximum atomic E-state index is 3.59. The van der Waals surface area contributed by atoms with Gasteiger partial charge in [-0.2, -0.15) is 0 Å². The van der Waals surface area contributed by atoms with E-state index in [0.717, 1.165) is 6.54 Å². The Balaban J connectivity index is 1.82. The van der Waals surface area contributed by atoms with E-state index >= 15 is 0 Å². The Morgan fingerprint density at radius 3 is 2.71 bits per heavy atom. The average molecular weight is 195 g/mol. The number of piperazine rings is 1. The second kappa shape index (κ2) is 4.91. The van der Waals surface area contributed by atoms with Crippen LogP contribution in [0.2, 0.25) is 0 Å². The molecule has 0 radical (unpaired) electrons. The number of rotatable bonds is 1. The van der Waals surface area contributed by atoms with Crippen LogP contribution >= 0.6 is 0 Å². The van der Waals surface area contributed by atoms with Crippen LogP contribution in [0.1, 0.15) is 12.8 Å². The summed E-state index contributed by atoms with van der Waals surface area (Å²) in [6.07, 6.45) is 7.64. The van der Waals surface area contributed by atoms with Crippen LogP contribution < -0.4 is 5.32 Å². The number of nitrogens with zero attached hydrogens (tertiary/aromatic N) is 2. The second-order valence-corrected chi connectivity index (χ2v) is 4.31. The highest BCUT2D eigenvalue weighted by Crippen LogP contribution is 2.10. The van der Waals surface area contributed by atoms with Crippen LogP contribution in [0, 0.1) is 0 Å². The van der Waals surface area contributed by atoms with Crippen molar-refractivity contribution < 1.29 is 0 Å². The minimum absolute atomic E-state index is 0.610. The van der Waals surface area contributed by atoms with E-state index in [1.165, 1.54) is 39.0 Å². The molecule has 2 aliphatic heterocycles. The summed E-state index contributed by atoms with van der Waals surface area (Å²) in [5.41, 5.74) is 0. The van der Waals surface area contributed by atoms with Crippen molar-refractivity contribution >= 4 is 0 Å². The predicted molar refractivity (Wildman–Crippen MR) is 59.2 cm³/mol. The van der Waals surface area contributed by atoms with E-state index < -0.39 is 0 Å². The third-order valence-corrected chi connectivity index (χ3v) is 3.22. The largest absolute Gasteiger partial charge is 0.304 e. The van der Waals surface area contributed by atoms with Gasteiger partial charge in [0.2, 0.25) is 0 Å². The molecule has 80 valence electrons. The number of hydrogen-bond donors (Lipinski definition) is 1. The molecule has 1 atom stereocenters. The summed E-state index contributed by atoms with van der Waals surface area (Å²) in [7, 11) is 2.21. The minimum Gasteiger partial charge on any atom is -0.304 e. The fourth-order valence-electron chi connectivity index (χ4n) is 2.21. The molecule has 0 amide bonds. The molecule has 1 fully saturated rings. The van der Waals surface area contributed by atoms with Crippen molar-refractivity contribution in [1.29, 1.82) is 0 Å². The highest BCUT2D eigenvalue weighted by molar-refractivity contribution is 4.91. The molecule has 1 unspecified atom stereocenters. The van der Waals surface area contributed by atoms with Crippen molar-refractivity contribution in [3.8, 4) is 0 Å². The Morgan fingerprint density at radius 2 is 1.93 bits per heavy atom. The molecule has 3 nitrogen and oxygen atoms in total. The number of allylic oxidation sites excluding steroid dienone is 1. The molecule has 0 bridgehead atoms. The summed E-state index contributed by atoms with van der Waals surface area (Å²) >= 11 is 0.